The molecule has 78 valence electrons. The van der Waals surface area contributed by atoms with E-state index in [-0.39, 0.29) is 5.75 Å². The Labute approximate surface area is 80.1 Å². The highest BCUT2D eigenvalue weighted by Gasteiger charge is 2.27. The van der Waals surface area contributed by atoms with Gasteiger partial charge in [-0.3, -0.25) is 0 Å². The molecule has 5 heteroatoms. The van der Waals surface area contributed by atoms with E-state index < -0.39 is 10.0 Å². The molecule has 1 aliphatic rings. The van der Waals surface area contributed by atoms with Crippen molar-refractivity contribution in [1.82, 2.24) is 4.90 Å². The minimum atomic E-state index is -3.26. The molecule has 0 saturated heterocycles. The third-order valence-corrected chi connectivity index (χ3v) is 3.20. The Hall–Kier alpha value is -0.130. The Morgan fingerprint density at radius 1 is 1.46 bits per heavy atom. The van der Waals surface area contributed by atoms with Crippen molar-refractivity contribution in [3.05, 3.63) is 0 Å². The SMILES string of the molecule is CCN(CCCS(N)(=O)=O)C1CC1. The molecule has 0 aromatic heterocycles. The first-order chi connectivity index (χ1) is 6.03. The molecule has 0 heterocycles. The predicted molar refractivity (Wildman–Crippen MR) is 52.9 cm³/mol. The molecule has 0 aromatic rings. The second-order valence-corrected chi connectivity index (χ2v) is 5.31. The Morgan fingerprint density at radius 2 is 2.08 bits per heavy atom. The van der Waals surface area contributed by atoms with Crippen molar-refractivity contribution in [3.8, 4) is 0 Å². The molecule has 0 amide bonds. The Kier molecular flexibility index (Phi) is 3.70. The highest BCUT2D eigenvalue weighted by atomic mass is 32.2. The van der Waals surface area contributed by atoms with Crippen molar-refractivity contribution in [2.45, 2.75) is 32.2 Å². The van der Waals surface area contributed by atoms with E-state index in [0.717, 1.165) is 13.1 Å². The van der Waals surface area contributed by atoms with Gasteiger partial charge in [0.25, 0.3) is 0 Å². The van der Waals surface area contributed by atoms with E-state index in [1.165, 1.54) is 12.8 Å². The van der Waals surface area contributed by atoms with Crippen LogP contribution in [0.5, 0.6) is 0 Å². The summed E-state index contributed by atoms with van der Waals surface area (Å²) in [6, 6.07) is 0.713. The molecule has 0 atom stereocenters. The fourth-order valence-corrected chi connectivity index (χ4v) is 2.04. The van der Waals surface area contributed by atoms with Gasteiger partial charge in [-0.05, 0) is 32.4 Å². The van der Waals surface area contributed by atoms with E-state index in [4.69, 9.17) is 5.14 Å². The molecular formula is C8H18N2O2S. The second kappa shape index (κ2) is 4.39. The number of hydrogen-bond acceptors (Lipinski definition) is 3. The van der Waals surface area contributed by atoms with Crippen LogP contribution in [0.4, 0.5) is 0 Å². The van der Waals surface area contributed by atoms with Crippen molar-refractivity contribution in [2.75, 3.05) is 18.8 Å². The number of primary sulfonamides is 1. The summed E-state index contributed by atoms with van der Waals surface area (Å²) in [5, 5.41) is 4.91. The Morgan fingerprint density at radius 3 is 2.46 bits per heavy atom. The number of nitrogens with two attached hydrogens (primary N) is 1. The molecule has 0 aromatic carbocycles. The quantitative estimate of drug-likeness (QED) is 0.673. The van der Waals surface area contributed by atoms with Crippen LogP contribution in [0.15, 0.2) is 0 Å². The highest BCUT2D eigenvalue weighted by molar-refractivity contribution is 7.89. The predicted octanol–water partition coefficient (Wildman–Crippen LogP) is 0.149. The second-order valence-electron chi connectivity index (χ2n) is 3.58. The van der Waals surface area contributed by atoms with Gasteiger partial charge in [-0.25, -0.2) is 13.6 Å². The topological polar surface area (TPSA) is 63.4 Å². The fourth-order valence-electron chi connectivity index (χ4n) is 1.51. The summed E-state index contributed by atoms with van der Waals surface area (Å²) in [5.41, 5.74) is 0. The van der Waals surface area contributed by atoms with Gasteiger partial charge in [0.15, 0.2) is 0 Å². The summed E-state index contributed by atoms with van der Waals surface area (Å²) >= 11 is 0. The summed E-state index contributed by atoms with van der Waals surface area (Å²) in [6.45, 7) is 3.97. The summed E-state index contributed by atoms with van der Waals surface area (Å²) in [5.74, 6) is 0.107. The fraction of sp³-hybridized carbons (Fsp3) is 1.00. The normalized spacial score (nSPS) is 18.1. The van der Waals surface area contributed by atoms with Crippen molar-refractivity contribution >= 4 is 10.0 Å². The van der Waals surface area contributed by atoms with Crippen molar-refractivity contribution in [1.29, 1.82) is 0 Å². The van der Waals surface area contributed by atoms with E-state index in [2.05, 4.69) is 11.8 Å². The van der Waals surface area contributed by atoms with Gasteiger partial charge < -0.3 is 4.90 Å². The molecule has 1 fully saturated rings. The molecule has 0 radical (unpaired) electrons. The maximum absolute atomic E-state index is 10.6. The van der Waals surface area contributed by atoms with Gasteiger partial charge in [0, 0.05) is 6.04 Å². The summed E-state index contributed by atoms with van der Waals surface area (Å²) < 4.78 is 21.3. The molecule has 0 spiro atoms. The first-order valence-corrected chi connectivity index (χ1v) is 6.49. The molecule has 1 rings (SSSR count). The number of hydrogen-bond donors (Lipinski definition) is 1. The van der Waals surface area contributed by atoms with Crippen LogP contribution >= 0.6 is 0 Å². The molecule has 0 bridgehead atoms. The Bertz CT molecular complexity index is 247. The third-order valence-electron chi connectivity index (χ3n) is 2.34. The number of rotatable bonds is 6. The van der Waals surface area contributed by atoms with E-state index in [1.807, 2.05) is 0 Å². The van der Waals surface area contributed by atoms with E-state index in [0.29, 0.717) is 12.5 Å². The molecular weight excluding hydrogens is 188 g/mol. The molecule has 13 heavy (non-hydrogen) atoms. The average molecular weight is 206 g/mol. The van der Waals surface area contributed by atoms with Crippen LogP contribution in [0, 0.1) is 0 Å². The molecule has 1 saturated carbocycles. The monoisotopic (exact) mass is 206 g/mol. The zero-order chi connectivity index (χ0) is 9.90. The van der Waals surface area contributed by atoms with Crippen molar-refractivity contribution in [3.63, 3.8) is 0 Å². The zero-order valence-corrected chi connectivity index (χ0v) is 8.89. The molecule has 4 nitrogen and oxygen atoms in total. The van der Waals surface area contributed by atoms with E-state index >= 15 is 0 Å². The van der Waals surface area contributed by atoms with Gasteiger partial charge in [-0.15, -0.1) is 0 Å². The van der Waals surface area contributed by atoms with Crippen LogP contribution in [0.3, 0.4) is 0 Å². The molecule has 0 unspecified atom stereocenters. The lowest BCUT2D eigenvalue weighted by molar-refractivity contribution is 0.279. The van der Waals surface area contributed by atoms with Gasteiger partial charge in [0.1, 0.15) is 0 Å². The van der Waals surface area contributed by atoms with Crippen molar-refractivity contribution < 1.29 is 8.42 Å². The van der Waals surface area contributed by atoms with Crippen LogP contribution in [0.25, 0.3) is 0 Å². The van der Waals surface area contributed by atoms with Crippen molar-refractivity contribution in [2.24, 2.45) is 5.14 Å². The average Bonchev–Trinajstić information content (AvgIpc) is 2.78. The zero-order valence-electron chi connectivity index (χ0n) is 8.07. The number of nitrogens with zero attached hydrogens (tertiary/aromatic N) is 1. The first-order valence-electron chi connectivity index (χ1n) is 4.77. The Balaban J connectivity index is 2.16. The van der Waals surface area contributed by atoms with Crippen LogP contribution in [0.2, 0.25) is 0 Å². The lowest BCUT2D eigenvalue weighted by Crippen LogP contribution is -2.29. The summed E-state index contributed by atoms with van der Waals surface area (Å²) in [7, 11) is -3.26. The summed E-state index contributed by atoms with van der Waals surface area (Å²) in [6.07, 6.45) is 3.19. The smallest absolute Gasteiger partial charge is 0.209 e. The first kappa shape index (κ1) is 10.9. The van der Waals surface area contributed by atoms with Crippen LogP contribution < -0.4 is 5.14 Å². The van der Waals surface area contributed by atoms with Crippen LogP contribution in [-0.4, -0.2) is 38.2 Å². The standard InChI is InChI=1S/C8H18N2O2S/c1-2-10(8-4-5-8)6-3-7-13(9,11)12/h8H,2-7H2,1H3,(H2,9,11,12). The van der Waals surface area contributed by atoms with Gasteiger partial charge in [-0.1, -0.05) is 6.92 Å². The van der Waals surface area contributed by atoms with Gasteiger partial charge >= 0.3 is 0 Å². The minimum Gasteiger partial charge on any atom is -0.301 e. The van der Waals surface area contributed by atoms with E-state index in [9.17, 15) is 8.42 Å². The lowest BCUT2D eigenvalue weighted by Gasteiger charge is -2.18. The van der Waals surface area contributed by atoms with Gasteiger partial charge in [0.05, 0.1) is 5.75 Å². The largest absolute Gasteiger partial charge is 0.301 e. The number of sulfonamides is 1. The lowest BCUT2D eigenvalue weighted by atomic mass is 10.4. The maximum Gasteiger partial charge on any atom is 0.209 e. The minimum absolute atomic E-state index is 0.107. The third kappa shape index (κ3) is 4.59. The van der Waals surface area contributed by atoms with Crippen LogP contribution in [0.1, 0.15) is 26.2 Å². The molecule has 0 aliphatic heterocycles. The molecule has 1 aliphatic carbocycles. The van der Waals surface area contributed by atoms with E-state index in [1.54, 1.807) is 0 Å². The summed E-state index contributed by atoms with van der Waals surface area (Å²) in [4.78, 5) is 2.32. The van der Waals surface area contributed by atoms with Crippen LogP contribution in [-0.2, 0) is 10.0 Å². The highest BCUT2D eigenvalue weighted by Crippen LogP contribution is 2.26. The van der Waals surface area contributed by atoms with Gasteiger partial charge in [-0.2, -0.15) is 0 Å². The maximum atomic E-state index is 10.6. The molecule has 2 N–H and O–H groups in total. The van der Waals surface area contributed by atoms with Gasteiger partial charge in [0.2, 0.25) is 10.0 Å².